The fourth-order valence-electron chi connectivity index (χ4n) is 12.0. The molecule has 2 aromatic carbocycles. The first-order chi connectivity index (χ1) is 37.7. The van der Waals surface area contributed by atoms with Gasteiger partial charge in [0, 0.05) is 73.0 Å². The van der Waals surface area contributed by atoms with Gasteiger partial charge in [0.15, 0.2) is 5.78 Å². The maximum absolute atomic E-state index is 14.7. The van der Waals surface area contributed by atoms with Crippen molar-refractivity contribution in [1.82, 2.24) is 45.4 Å². The van der Waals surface area contributed by atoms with Gasteiger partial charge < -0.3 is 41.3 Å². The lowest BCUT2D eigenvalue weighted by atomic mass is 9.88. The number of nitrogen functional groups attached to an aromatic ring is 1. The van der Waals surface area contributed by atoms with Crippen LogP contribution in [0.2, 0.25) is 0 Å². The smallest absolute Gasteiger partial charge is 0.254 e. The van der Waals surface area contributed by atoms with Crippen molar-refractivity contribution in [2.24, 2.45) is 10.9 Å². The zero-order valence-electron chi connectivity index (χ0n) is 45.6. The van der Waals surface area contributed by atoms with Gasteiger partial charge in [-0.05, 0) is 152 Å². The average Bonchev–Trinajstić information content (AvgIpc) is 4.38. The molecule has 5 atom stereocenters. The van der Waals surface area contributed by atoms with E-state index in [1.807, 2.05) is 22.6 Å². The van der Waals surface area contributed by atoms with Gasteiger partial charge in [-0.15, -0.1) is 11.8 Å². The number of hydrogen-bond donors (Lipinski definition) is 4. The van der Waals surface area contributed by atoms with Crippen LogP contribution >= 0.6 is 11.8 Å². The highest BCUT2D eigenvalue weighted by Crippen LogP contribution is 2.43. The van der Waals surface area contributed by atoms with E-state index < -0.39 is 29.8 Å². The summed E-state index contributed by atoms with van der Waals surface area (Å²) in [5.41, 5.74) is 12.0. The van der Waals surface area contributed by atoms with E-state index in [1.165, 1.54) is 48.2 Å². The molecule has 3 fully saturated rings. The van der Waals surface area contributed by atoms with Gasteiger partial charge in [-0.1, -0.05) is 25.7 Å². The highest BCUT2D eigenvalue weighted by molar-refractivity contribution is 8.14. The van der Waals surface area contributed by atoms with Crippen LogP contribution in [0.1, 0.15) is 134 Å². The first-order valence-corrected chi connectivity index (χ1v) is 29.1. The van der Waals surface area contributed by atoms with Crippen molar-refractivity contribution < 1.29 is 32.8 Å². The van der Waals surface area contributed by atoms with Crippen molar-refractivity contribution >= 4 is 57.7 Å². The van der Waals surface area contributed by atoms with Crippen LogP contribution in [0, 0.1) is 24.5 Å². The number of fused-ring (bicyclic) bond motifs is 8. The number of Topliss-reactive ketones (excluding diaryl/α,β-unsaturated/α-hetero) is 1. The van der Waals surface area contributed by atoms with Crippen LogP contribution in [0.3, 0.4) is 0 Å². The molecule has 0 saturated carbocycles. The van der Waals surface area contributed by atoms with Gasteiger partial charge in [0.2, 0.25) is 17.7 Å². The molecule has 5 N–H and O–H groups in total. The predicted octanol–water partition coefficient (Wildman–Crippen LogP) is 7.08. The number of piperidine rings is 1. The molecule has 78 heavy (non-hydrogen) atoms. The maximum Gasteiger partial charge on any atom is 0.254 e. The summed E-state index contributed by atoms with van der Waals surface area (Å²) in [7, 11) is 3.47. The lowest BCUT2D eigenvalue weighted by Gasteiger charge is -2.38. The Kier molecular flexibility index (Phi) is 18.6. The summed E-state index contributed by atoms with van der Waals surface area (Å²) in [5, 5.41) is 15.0. The molecule has 1 unspecified atom stereocenters. The second kappa shape index (κ2) is 25.7. The number of benzene rings is 2. The third-order valence-electron chi connectivity index (χ3n) is 16.6. The Morgan fingerprint density at radius 1 is 0.872 bits per heavy atom. The van der Waals surface area contributed by atoms with Crippen molar-refractivity contribution in [2.45, 2.75) is 141 Å². The van der Waals surface area contributed by atoms with Gasteiger partial charge in [-0.25, -0.2) is 13.8 Å². The summed E-state index contributed by atoms with van der Waals surface area (Å²) in [4.78, 5) is 85.6. The number of nitrogens with zero attached hydrogens (tertiary/aromatic N) is 8. The second-order valence-electron chi connectivity index (χ2n) is 21.8. The number of likely N-dealkylation sites (tertiary alicyclic amines) is 2. The number of unbranched alkanes of at least 4 members (excludes halogenated alkanes) is 5. The number of rotatable bonds is 20. The fourth-order valence-corrected chi connectivity index (χ4v) is 13.2. The Labute approximate surface area is 460 Å². The highest BCUT2D eigenvalue weighted by atomic mass is 32.2. The van der Waals surface area contributed by atoms with Crippen molar-refractivity contribution in [2.75, 3.05) is 69.8 Å². The number of aromatic nitrogens is 3. The minimum Gasteiger partial charge on any atom is -0.382 e. The van der Waals surface area contributed by atoms with E-state index in [4.69, 9.17) is 15.8 Å². The summed E-state index contributed by atoms with van der Waals surface area (Å²) in [6, 6.07) is 9.76. The Morgan fingerprint density at radius 3 is 2.36 bits per heavy atom. The number of hydrogen-bond acceptors (Lipinski definition) is 13. The molecule has 5 aliphatic rings. The molecule has 2 bridgehead atoms. The average molecular weight is 1090 g/mol. The van der Waals surface area contributed by atoms with Gasteiger partial charge in [0.05, 0.1) is 47.6 Å². The molecule has 3 saturated heterocycles. The van der Waals surface area contributed by atoms with Crippen LogP contribution in [0.15, 0.2) is 59.7 Å². The van der Waals surface area contributed by atoms with Crippen molar-refractivity contribution in [1.29, 1.82) is 0 Å². The Morgan fingerprint density at radius 2 is 1.59 bits per heavy atom. The molecule has 17 nitrogen and oxygen atoms in total. The summed E-state index contributed by atoms with van der Waals surface area (Å²) in [5.74, 6) is -0.626. The minimum absolute atomic E-state index is 0.00311. The zero-order valence-corrected chi connectivity index (χ0v) is 46.4. The first kappa shape index (κ1) is 56.5. The van der Waals surface area contributed by atoms with E-state index in [2.05, 4.69) is 30.7 Å². The second-order valence-corrected chi connectivity index (χ2v) is 22.8. The van der Waals surface area contributed by atoms with E-state index in [0.29, 0.717) is 66.6 Å². The van der Waals surface area contributed by atoms with Gasteiger partial charge >= 0.3 is 0 Å². The van der Waals surface area contributed by atoms with Crippen molar-refractivity contribution in [3.8, 4) is 11.1 Å². The summed E-state index contributed by atoms with van der Waals surface area (Å²) >= 11 is 1.51. The topological polar surface area (TPSA) is 203 Å². The first-order valence-electron chi connectivity index (χ1n) is 28.1. The molecule has 9 rings (SSSR count). The van der Waals surface area contributed by atoms with Crippen LogP contribution in [0.5, 0.6) is 0 Å². The summed E-state index contributed by atoms with van der Waals surface area (Å²) in [6.07, 6.45) is 13.0. The molecule has 4 amide bonds. The zero-order chi connectivity index (χ0) is 55.0. The standard InChI is InChI=1S/C58H76F2N12O5S/c1-36(62-3)55(75)66-52(58(77)71-27-12-14-48(71)56-65-46(35-78-56)53(74)39-16-18-41(59)19-17-39)38-22-28-69(29-23-38)25-10-8-6-5-7-9-15-50(73)63-24-30-72-37(2)51-40-31-49(54(61)64-33-40)70-26-11-13-47(70)44-32-42(60)20-21-43(44)57(76)68(4)34-45(51)67-72/h16-21,31-33,36,38,46-48,52,62H,5-15,22-30,34-35H2,1-4H3,(H2,61,64)(H,63,73)(H,66,75)/t36-,46?,47-,48-,52-/m1/s1. The Bertz CT molecular complexity index is 2860. The van der Waals surface area contributed by atoms with E-state index in [0.717, 1.165) is 124 Å². The molecule has 0 radical (unpaired) electrons. The normalized spacial score (nSPS) is 20.5. The molecule has 5 aliphatic heterocycles. The fraction of sp³-hybridized carbons (Fsp3) is 0.552. The molecule has 0 aliphatic carbocycles. The number of anilines is 2. The molecule has 20 heteroatoms. The Hall–Kier alpha value is -6.25. The molecular formula is C58H76F2N12O5S. The molecule has 0 spiro atoms. The Balaban J connectivity index is 0.702. The largest absolute Gasteiger partial charge is 0.382 e. The van der Waals surface area contributed by atoms with E-state index in [9.17, 15) is 32.8 Å². The van der Waals surface area contributed by atoms with E-state index >= 15 is 0 Å². The van der Waals surface area contributed by atoms with Crippen molar-refractivity contribution in [3.05, 3.63) is 94.4 Å². The SMILES string of the molecule is CN[C@H](C)C(=O)N[C@@H](C(=O)N1CCC[C@@H]1C1=NC(C(=O)c2ccc(F)cc2)CS1)C1CCN(CCCCCCCCC(=O)NCCn2nc3c(c2C)-c2cnc(N)c(c2)N2CCC[C@@H]2c2cc(F)ccc2C(=O)N(C)C3)CC1. The van der Waals surface area contributed by atoms with Crippen LogP contribution in [-0.4, -0.2) is 147 Å². The van der Waals surface area contributed by atoms with Crippen LogP contribution in [0.4, 0.5) is 20.3 Å². The van der Waals surface area contributed by atoms with E-state index in [1.54, 1.807) is 38.2 Å². The number of aliphatic imine (C=N–C) groups is 1. The monoisotopic (exact) mass is 1090 g/mol. The highest BCUT2D eigenvalue weighted by Gasteiger charge is 2.43. The lowest BCUT2D eigenvalue weighted by Crippen LogP contribution is -2.58. The third kappa shape index (κ3) is 12.9. The molecule has 4 aromatic rings. The van der Waals surface area contributed by atoms with Gasteiger partial charge in [0.1, 0.15) is 29.5 Å². The van der Waals surface area contributed by atoms with Crippen LogP contribution in [-0.2, 0) is 27.5 Å². The van der Waals surface area contributed by atoms with Crippen LogP contribution in [0.25, 0.3) is 11.1 Å². The number of pyridine rings is 1. The van der Waals surface area contributed by atoms with Gasteiger partial charge in [0.25, 0.3) is 5.91 Å². The van der Waals surface area contributed by atoms with Gasteiger partial charge in [-0.2, -0.15) is 5.10 Å². The molecule has 2 aromatic heterocycles. The van der Waals surface area contributed by atoms with E-state index in [-0.39, 0.29) is 54.0 Å². The number of amides is 4. The number of ketones is 1. The molecular weight excluding hydrogens is 1010 g/mol. The predicted molar refractivity (Wildman–Crippen MR) is 300 cm³/mol. The number of carbonyl (C=O) groups is 5. The summed E-state index contributed by atoms with van der Waals surface area (Å²) < 4.78 is 30.2. The minimum atomic E-state index is -0.662. The number of nitrogens with one attached hydrogen (secondary N) is 3. The molecule has 418 valence electrons. The third-order valence-corrected chi connectivity index (χ3v) is 17.7. The number of carbonyl (C=O) groups excluding carboxylic acids is 5. The van der Waals surface area contributed by atoms with Crippen molar-refractivity contribution in [3.63, 3.8) is 0 Å². The summed E-state index contributed by atoms with van der Waals surface area (Å²) in [6.45, 7) is 8.76. The number of nitrogens with two attached hydrogens (primary N) is 1. The lowest BCUT2D eigenvalue weighted by molar-refractivity contribution is -0.138. The number of thioether (sulfide) groups is 1. The number of halogens is 2. The van der Waals surface area contributed by atoms with Crippen LogP contribution < -0.4 is 26.6 Å². The maximum atomic E-state index is 14.7. The molecule has 7 heterocycles. The number of likely N-dealkylation sites (N-methyl/N-ethyl adjacent to an activating group) is 1. The van der Waals surface area contributed by atoms with Gasteiger partial charge in [-0.3, -0.25) is 33.6 Å². The quantitative estimate of drug-likeness (QED) is 0.0518.